The molecule has 0 unspecified atom stereocenters. The number of aryl methyl sites for hydroxylation is 2. The topological polar surface area (TPSA) is 92.5 Å². The van der Waals surface area contributed by atoms with Crippen molar-refractivity contribution in [1.82, 2.24) is 15.4 Å². The highest BCUT2D eigenvalue weighted by molar-refractivity contribution is 8.18. The number of rotatable bonds is 6. The molecule has 1 fully saturated rings. The molecule has 1 aliphatic rings. The number of benzene rings is 1. The van der Waals surface area contributed by atoms with Gasteiger partial charge in [-0.05, 0) is 37.2 Å². The Hall–Kier alpha value is -2.87. The molecule has 0 spiro atoms. The van der Waals surface area contributed by atoms with Crippen molar-refractivity contribution in [3.05, 3.63) is 57.3 Å². The summed E-state index contributed by atoms with van der Waals surface area (Å²) in [6.07, 6.45) is 1.71. The van der Waals surface area contributed by atoms with Gasteiger partial charge in [0, 0.05) is 19.0 Å². The van der Waals surface area contributed by atoms with Gasteiger partial charge in [-0.1, -0.05) is 48.8 Å². The van der Waals surface area contributed by atoms with Crippen molar-refractivity contribution >= 4 is 34.9 Å². The van der Waals surface area contributed by atoms with Crippen molar-refractivity contribution in [2.45, 2.75) is 33.6 Å². The largest absolute Gasteiger partial charge is 0.360 e. The highest BCUT2D eigenvalue weighted by Crippen LogP contribution is 2.32. The minimum absolute atomic E-state index is 0.0181. The maximum Gasteiger partial charge on any atom is 0.293 e. The van der Waals surface area contributed by atoms with Crippen LogP contribution in [0.3, 0.4) is 0 Å². The number of thioether (sulfide) groups is 1. The van der Waals surface area contributed by atoms with Crippen LogP contribution in [0.4, 0.5) is 4.79 Å². The zero-order chi connectivity index (χ0) is 21.1. The van der Waals surface area contributed by atoms with Crippen LogP contribution in [0.1, 0.15) is 52.7 Å². The van der Waals surface area contributed by atoms with Crippen molar-refractivity contribution in [3.63, 3.8) is 0 Å². The first-order valence-corrected chi connectivity index (χ1v) is 10.2. The summed E-state index contributed by atoms with van der Waals surface area (Å²) in [4.78, 5) is 38.8. The van der Waals surface area contributed by atoms with E-state index in [0.717, 1.165) is 27.8 Å². The van der Waals surface area contributed by atoms with Gasteiger partial charge in [0.05, 0.1) is 10.6 Å². The van der Waals surface area contributed by atoms with Gasteiger partial charge in [-0.2, -0.15) is 0 Å². The first kappa shape index (κ1) is 20.9. The minimum Gasteiger partial charge on any atom is -0.360 e. The smallest absolute Gasteiger partial charge is 0.293 e. The van der Waals surface area contributed by atoms with Crippen LogP contribution in [0.5, 0.6) is 0 Å². The molecule has 0 bridgehead atoms. The van der Waals surface area contributed by atoms with Gasteiger partial charge >= 0.3 is 0 Å². The fourth-order valence-corrected chi connectivity index (χ4v) is 3.80. The SMILES string of the molecule is Cc1ccc(/C=C2\SC(=O)N(CCNC(=O)c3c(C)noc3C(C)C)C2=O)cc1. The molecule has 0 radical (unpaired) electrons. The molecule has 152 valence electrons. The lowest BCUT2D eigenvalue weighted by Crippen LogP contribution is -2.37. The Morgan fingerprint density at radius 2 is 1.93 bits per heavy atom. The van der Waals surface area contributed by atoms with E-state index < -0.39 is 0 Å². The Morgan fingerprint density at radius 1 is 1.24 bits per heavy atom. The van der Waals surface area contributed by atoms with Crippen LogP contribution in [0, 0.1) is 13.8 Å². The number of aromatic nitrogens is 1. The molecule has 8 heteroatoms. The van der Waals surface area contributed by atoms with E-state index in [2.05, 4.69) is 10.5 Å². The summed E-state index contributed by atoms with van der Waals surface area (Å²) in [5.41, 5.74) is 2.90. The third-order valence-corrected chi connectivity index (χ3v) is 5.42. The number of carbonyl (C=O) groups excluding carboxylic acids is 3. The molecule has 1 aromatic heterocycles. The minimum atomic E-state index is -0.348. The number of hydrogen-bond acceptors (Lipinski definition) is 6. The van der Waals surface area contributed by atoms with Crippen molar-refractivity contribution in [2.75, 3.05) is 13.1 Å². The van der Waals surface area contributed by atoms with Crippen molar-refractivity contribution in [2.24, 2.45) is 0 Å². The molecule has 0 atom stereocenters. The standard InChI is InChI=1S/C21H23N3O4S/c1-12(2)18-17(14(4)23-28-18)19(25)22-9-10-24-20(26)16(29-21(24)27)11-15-7-5-13(3)6-8-15/h5-8,11-12H,9-10H2,1-4H3,(H,22,25)/b16-11-. The first-order chi connectivity index (χ1) is 13.8. The van der Waals surface area contributed by atoms with Gasteiger partial charge in [0.2, 0.25) is 0 Å². The van der Waals surface area contributed by atoms with Crippen molar-refractivity contribution in [1.29, 1.82) is 0 Å². The third-order valence-electron chi connectivity index (χ3n) is 4.51. The molecule has 2 heterocycles. The molecule has 1 saturated heterocycles. The fraction of sp³-hybridized carbons (Fsp3) is 0.333. The number of hydrogen-bond donors (Lipinski definition) is 1. The molecular weight excluding hydrogens is 390 g/mol. The number of nitrogens with zero attached hydrogens (tertiary/aromatic N) is 2. The number of nitrogens with one attached hydrogen (secondary N) is 1. The second-order valence-corrected chi connectivity index (χ2v) is 8.16. The van der Waals surface area contributed by atoms with Crippen LogP contribution in [0.25, 0.3) is 6.08 Å². The van der Waals surface area contributed by atoms with Crippen LogP contribution in [0.2, 0.25) is 0 Å². The van der Waals surface area contributed by atoms with Gasteiger partial charge in [-0.15, -0.1) is 0 Å². The Balaban J connectivity index is 1.62. The molecule has 3 rings (SSSR count). The average Bonchev–Trinajstić information content (AvgIpc) is 3.18. The van der Waals surface area contributed by atoms with Crippen LogP contribution >= 0.6 is 11.8 Å². The van der Waals surface area contributed by atoms with E-state index in [-0.39, 0.29) is 36.1 Å². The lowest BCUT2D eigenvalue weighted by atomic mass is 10.0. The summed E-state index contributed by atoms with van der Waals surface area (Å²) in [6.45, 7) is 7.77. The number of imide groups is 1. The molecule has 1 N–H and O–H groups in total. The Labute approximate surface area is 173 Å². The van der Waals surface area contributed by atoms with E-state index in [4.69, 9.17) is 4.52 Å². The second kappa shape index (κ2) is 8.65. The Bertz CT molecular complexity index is 976. The van der Waals surface area contributed by atoms with Crippen LogP contribution in [0.15, 0.2) is 33.7 Å². The van der Waals surface area contributed by atoms with Gasteiger partial charge in [-0.3, -0.25) is 19.3 Å². The van der Waals surface area contributed by atoms with E-state index in [0.29, 0.717) is 21.9 Å². The van der Waals surface area contributed by atoms with E-state index in [9.17, 15) is 14.4 Å². The molecule has 1 aliphatic heterocycles. The van der Waals surface area contributed by atoms with Gasteiger partial charge in [-0.25, -0.2) is 0 Å². The molecule has 1 aromatic carbocycles. The molecular formula is C21H23N3O4S. The average molecular weight is 413 g/mol. The van der Waals surface area contributed by atoms with Gasteiger partial charge < -0.3 is 9.84 Å². The summed E-state index contributed by atoms with van der Waals surface area (Å²) in [5.74, 6) is -0.134. The van der Waals surface area contributed by atoms with E-state index in [1.807, 2.05) is 45.0 Å². The molecule has 29 heavy (non-hydrogen) atoms. The normalized spacial score (nSPS) is 15.6. The zero-order valence-corrected chi connectivity index (χ0v) is 17.6. The van der Waals surface area contributed by atoms with Crippen LogP contribution in [-0.2, 0) is 4.79 Å². The van der Waals surface area contributed by atoms with Gasteiger partial charge in [0.25, 0.3) is 17.1 Å². The predicted molar refractivity (Wildman–Crippen MR) is 112 cm³/mol. The van der Waals surface area contributed by atoms with E-state index >= 15 is 0 Å². The van der Waals surface area contributed by atoms with Crippen LogP contribution in [-0.4, -0.2) is 40.2 Å². The summed E-state index contributed by atoms with van der Waals surface area (Å²) in [7, 11) is 0. The zero-order valence-electron chi connectivity index (χ0n) is 16.8. The lowest BCUT2D eigenvalue weighted by Gasteiger charge is -2.13. The summed E-state index contributed by atoms with van der Waals surface area (Å²) >= 11 is 0.907. The van der Waals surface area contributed by atoms with E-state index in [1.165, 1.54) is 0 Å². The Morgan fingerprint density at radius 3 is 2.59 bits per heavy atom. The fourth-order valence-electron chi connectivity index (χ4n) is 2.93. The number of amides is 3. The third kappa shape index (κ3) is 4.59. The second-order valence-electron chi connectivity index (χ2n) is 7.16. The molecule has 7 nitrogen and oxygen atoms in total. The van der Waals surface area contributed by atoms with Crippen LogP contribution < -0.4 is 5.32 Å². The summed E-state index contributed by atoms with van der Waals surface area (Å²) < 4.78 is 5.23. The molecule has 0 aliphatic carbocycles. The molecule has 2 aromatic rings. The highest BCUT2D eigenvalue weighted by Gasteiger charge is 2.34. The van der Waals surface area contributed by atoms with Gasteiger partial charge in [0.15, 0.2) is 5.76 Å². The monoisotopic (exact) mass is 413 g/mol. The highest BCUT2D eigenvalue weighted by atomic mass is 32.2. The van der Waals surface area contributed by atoms with Gasteiger partial charge in [0.1, 0.15) is 5.56 Å². The summed E-state index contributed by atoms with van der Waals surface area (Å²) in [5, 5.41) is 6.26. The maximum atomic E-state index is 12.6. The van der Waals surface area contributed by atoms with Crippen molar-refractivity contribution < 1.29 is 18.9 Å². The number of carbonyl (C=O) groups is 3. The Kier molecular flexibility index (Phi) is 6.22. The quantitative estimate of drug-likeness (QED) is 0.723. The molecule has 0 saturated carbocycles. The van der Waals surface area contributed by atoms with Crippen molar-refractivity contribution in [3.8, 4) is 0 Å². The first-order valence-electron chi connectivity index (χ1n) is 9.34. The lowest BCUT2D eigenvalue weighted by molar-refractivity contribution is -0.122. The summed E-state index contributed by atoms with van der Waals surface area (Å²) in [6, 6.07) is 7.70. The van der Waals surface area contributed by atoms with E-state index in [1.54, 1.807) is 13.0 Å². The molecule has 3 amide bonds. The predicted octanol–water partition coefficient (Wildman–Crippen LogP) is 3.88. The maximum absolute atomic E-state index is 12.6.